The molecule has 5 aromatic rings. The zero-order valence-electron chi connectivity index (χ0n) is 20.4. The van der Waals surface area contributed by atoms with Crippen LogP contribution in [-0.4, -0.2) is 21.4 Å². The molecule has 0 spiro atoms. The minimum absolute atomic E-state index is 0.00121. The molecule has 2 N–H and O–H groups in total. The zero-order chi connectivity index (χ0) is 28.8. The fraction of sp³-hybridized carbons (Fsp3) is 0.0741. The third-order valence-corrected chi connectivity index (χ3v) is 6.16. The van der Waals surface area contributed by atoms with Crippen molar-refractivity contribution >= 4 is 28.2 Å². The number of nitro benzene ring substituents is 1. The summed E-state index contributed by atoms with van der Waals surface area (Å²) in [5.74, 6) is -0.438. The monoisotopic (exact) mass is 544 g/mol. The molecule has 0 bridgehead atoms. The topological polar surface area (TPSA) is 152 Å². The van der Waals surface area contributed by atoms with E-state index in [-0.39, 0.29) is 39.7 Å². The Bertz CT molecular complexity index is 1940. The number of nitrogens with zero attached hydrogens (tertiary/aromatic N) is 5. The van der Waals surface area contributed by atoms with Crippen LogP contribution in [0, 0.1) is 32.8 Å². The van der Waals surface area contributed by atoms with E-state index in [2.05, 4.69) is 11.1 Å². The standard InChI is InChI=1S/C27H15F3N6O4/c1-39-23-10-14(6-8-22(23)40-21-9-7-15(27(28,29)30)11-20(21)36(37)38)24-16(12-31)25(33)35-19-5-3-2-4-18(19)34-26(35)17(24)13-32/h2-11H,33H2,1H3. The first-order valence-corrected chi connectivity index (χ1v) is 11.3. The van der Waals surface area contributed by atoms with E-state index in [4.69, 9.17) is 15.2 Å². The van der Waals surface area contributed by atoms with Crippen molar-refractivity contribution < 1.29 is 27.6 Å². The first-order valence-electron chi connectivity index (χ1n) is 11.3. The van der Waals surface area contributed by atoms with Crippen molar-refractivity contribution in [2.75, 3.05) is 12.8 Å². The van der Waals surface area contributed by atoms with Crippen molar-refractivity contribution in [3.63, 3.8) is 0 Å². The first-order chi connectivity index (χ1) is 19.1. The van der Waals surface area contributed by atoms with E-state index in [0.717, 1.165) is 6.07 Å². The van der Waals surface area contributed by atoms with Crippen molar-refractivity contribution in [3.05, 3.63) is 87.5 Å². The SMILES string of the molecule is COc1cc(-c2c(C#N)c(N)n3c(nc4ccccc43)c2C#N)ccc1Oc1ccc(C(F)(F)F)cc1[N+](=O)[O-]. The van der Waals surface area contributed by atoms with Crippen LogP contribution in [0.25, 0.3) is 27.8 Å². The van der Waals surface area contributed by atoms with Crippen molar-refractivity contribution in [1.29, 1.82) is 10.5 Å². The number of imidazole rings is 1. The average Bonchev–Trinajstić information content (AvgIpc) is 3.32. The molecule has 0 amide bonds. The zero-order valence-corrected chi connectivity index (χ0v) is 20.4. The van der Waals surface area contributed by atoms with Crippen LogP contribution < -0.4 is 15.2 Å². The Kier molecular flexibility index (Phi) is 6.12. The maximum atomic E-state index is 13.1. The second-order valence-electron chi connectivity index (χ2n) is 8.40. The molecule has 10 nitrogen and oxygen atoms in total. The van der Waals surface area contributed by atoms with Crippen LogP contribution in [0.2, 0.25) is 0 Å². The van der Waals surface area contributed by atoms with Gasteiger partial charge in [-0.05, 0) is 42.0 Å². The van der Waals surface area contributed by atoms with Crippen LogP contribution in [0.5, 0.6) is 17.2 Å². The van der Waals surface area contributed by atoms with Gasteiger partial charge in [-0.1, -0.05) is 18.2 Å². The molecule has 40 heavy (non-hydrogen) atoms. The first kappa shape index (κ1) is 25.8. The summed E-state index contributed by atoms with van der Waals surface area (Å²) in [6.45, 7) is 0. The molecule has 198 valence electrons. The predicted molar refractivity (Wildman–Crippen MR) is 137 cm³/mol. The molecule has 0 aliphatic heterocycles. The number of rotatable bonds is 5. The summed E-state index contributed by atoms with van der Waals surface area (Å²) >= 11 is 0. The Balaban J connectivity index is 1.67. The van der Waals surface area contributed by atoms with Gasteiger partial charge < -0.3 is 15.2 Å². The largest absolute Gasteiger partial charge is 0.493 e. The lowest BCUT2D eigenvalue weighted by atomic mass is 9.96. The van der Waals surface area contributed by atoms with Gasteiger partial charge in [-0.3, -0.25) is 14.5 Å². The van der Waals surface area contributed by atoms with Crippen LogP contribution in [-0.2, 0) is 6.18 Å². The van der Waals surface area contributed by atoms with Gasteiger partial charge in [0.15, 0.2) is 17.1 Å². The summed E-state index contributed by atoms with van der Waals surface area (Å²) in [6.07, 6.45) is -4.79. The van der Waals surface area contributed by atoms with Gasteiger partial charge >= 0.3 is 11.9 Å². The number of ether oxygens (including phenoxy) is 2. The van der Waals surface area contributed by atoms with Crippen LogP contribution in [0.3, 0.4) is 0 Å². The number of para-hydroxylation sites is 2. The Morgan fingerprint density at radius 3 is 2.35 bits per heavy atom. The summed E-state index contributed by atoms with van der Waals surface area (Å²) in [4.78, 5) is 15.0. The van der Waals surface area contributed by atoms with E-state index < -0.39 is 28.1 Å². The Morgan fingerprint density at radius 1 is 1.00 bits per heavy atom. The molecule has 0 radical (unpaired) electrons. The van der Waals surface area contributed by atoms with Crippen molar-refractivity contribution in [1.82, 2.24) is 9.38 Å². The van der Waals surface area contributed by atoms with Crippen LogP contribution in [0.1, 0.15) is 16.7 Å². The third-order valence-electron chi connectivity index (χ3n) is 6.16. The highest BCUT2D eigenvalue weighted by atomic mass is 19.4. The second-order valence-corrected chi connectivity index (χ2v) is 8.40. The fourth-order valence-electron chi connectivity index (χ4n) is 4.37. The highest BCUT2D eigenvalue weighted by Crippen LogP contribution is 2.43. The molecule has 0 unspecified atom stereocenters. The number of halogens is 3. The molecule has 0 saturated heterocycles. The second kappa shape index (κ2) is 9.49. The number of nitrogen functional groups attached to an aromatic ring is 1. The van der Waals surface area contributed by atoms with E-state index in [0.29, 0.717) is 28.7 Å². The number of fused-ring (bicyclic) bond motifs is 3. The van der Waals surface area contributed by atoms with Gasteiger partial charge in [-0.2, -0.15) is 23.7 Å². The van der Waals surface area contributed by atoms with Gasteiger partial charge in [0.2, 0.25) is 5.75 Å². The molecule has 0 atom stereocenters. The summed E-state index contributed by atoms with van der Waals surface area (Å²) in [6, 6.07) is 17.3. The molecule has 0 aliphatic rings. The van der Waals surface area contributed by atoms with Gasteiger partial charge in [0.1, 0.15) is 29.1 Å². The van der Waals surface area contributed by atoms with Crippen LogP contribution >= 0.6 is 0 Å². The minimum Gasteiger partial charge on any atom is -0.493 e. The van der Waals surface area contributed by atoms with Crippen LogP contribution in [0.4, 0.5) is 24.7 Å². The molecule has 5 rings (SSSR count). The van der Waals surface area contributed by atoms with Crippen molar-refractivity contribution in [2.24, 2.45) is 0 Å². The quantitative estimate of drug-likeness (QED) is 0.202. The van der Waals surface area contributed by atoms with Gasteiger partial charge in [0.25, 0.3) is 0 Å². The summed E-state index contributed by atoms with van der Waals surface area (Å²) in [5, 5.41) is 31.6. The number of aromatic nitrogens is 2. The number of benzene rings is 3. The number of alkyl halides is 3. The summed E-state index contributed by atoms with van der Waals surface area (Å²) in [5.41, 5.74) is 6.24. The highest BCUT2D eigenvalue weighted by Gasteiger charge is 2.33. The fourth-order valence-corrected chi connectivity index (χ4v) is 4.37. The lowest BCUT2D eigenvalue weighted by molar-refractivity contribution is -0.385. The van der Waals surface area contributed by atoms with Gasteiger partial charge in [-0.25, -0.2) is 4.98 Å². The normalized spacial score (nSPS) is 11.2. The lowest BCUT2D eigenvalue weighted by Gasteiger charge is -2.16. The molecule has 3 aromatic carbocycles. The molecule has 2 aromatic heterocycles. The Hall–Kier alpha value is -5.82. The smallest absolute Gasteiger partial charge is 0.416 e. The van der Waals surface area contributed by atoms with Gasteiger partial charge in [0, 0.05) is 11.6 Å². The number of nitriles is 2. The van der Waals surface area contributed by atoms with Crippen molar-refractivity contribution in [2.45, 2.75) is 6.18 Å². The molecular formula is C27H15F3N6O4. The van der Waals surface area contributed by atoms with Crippen molar-refractivity contribution in [3.8, 4) is 40.5 Å². The van der Waals surface area contributed by atoms with E-state index in [1.807, 2.05) is 6.07 Å². The predicted octanol–water partition coefficient (Wildman–Crippen LogP) is 6.21. The van der Waals surface area contributed by atoms with E-state index >= 15 is 0 Å². The maximum Gasteiger partial charge on any atom is 0.416 e. The number of nitro groups is 1. The number of hydrogen-bond donors (Lipinski definition) is 1. The third kappa shape index (κ3) is 4.12. The van der Waals surface area contributed by atoms with E-state index in [1.165, 1.54) is 29.7 Å². The highest BCUT2D eigenvalue weighted by molar-refractivity contribution is 5.93. The Labute approximate surface area is 223 Å². The van der Waals surface area contributed by atoms with Gasteiger partial charge in [-0.15, -0.1) is 0 Å². The number of anilines is 1. The molecule has 0 fully saturated rings. The van der Waals surface area contributed by atoms with Gasteiger partial charge in [0.05, 0.1) is 28.6 Å². The lowest BCUT2D eigenvalue weighted by Crippen LogP contribution is -2.06. The molecule has 0 saturated carbocycles. The molecule has 13 heteroatoms. The molecule has 0 aliphatic carbocycles. The number of pyridine rings is 1. The number of methoxy groups -OCH3 is 1. The maximum absolute atomic E-state index is 13.1. The molecular weight excluding hydrogens is 529 g/mol. The summed E-state index contributed by atoms with van der Waals surface area (Å²) < 4.78 is 51.7. The van der Waals surface area contributed by atoms with E-state index in [9.17, 15) is 33.8 Å². The molecule has 2 heterocycles. The Morgan fingerprint density at radius 2 is 1.70 bits per heavy atom. The van der Waals surface area contributed by atoms with E-state index in [1.54, 1.807) is 24.3 Å². The number of hydrogen-bond acceptors (Lipinski definition) is 8. The summed E-state index contributed by atoms with van der Waals surface area (Å²) in [7, 11) is 1.28. The number of nitrogens with two attached hydrogens (primary N) is 1. The average molecular weight is 544 g/mol. The van der Waals surface area contributed by atoms with Crippen LogP contribution in [0.15, 0.2) is 60.7 Å². The minimum atomic E-state index is -4.79.